The fourth-order valence-electron chi connectivity index (χ4n) is 2.51. The van der Waals surface area contributed by atoms with Crippen molar-refractivity contribution >= 4 is 92.6 Å². The third-order valence-electron chi connectivity index (χ3n) is 4.58. The summed E-state index contributed by atoms with van der Waals surface area (Å²) in [6.07, 6.45) is 1.89. The van der Waals surface area contributed by atoms with Gasteiger partial charge in [-0.1, -0.05) is 90.4 Å². The molecule has 0 aliphatic carbocycles. The molecule has 1 heterocycles. The molecule has 0 spiro atoms. The molecule has 1 amide bonds. The molecule has 1 unspecified atom stereocenters. The molecule has 1 rings (SSSR count). The fraction of sp³-hybridized carbons (Fsp3) is 0.706. The van der Waals surface area contributed by atoms with Crippen LogP contribution in [0.4, 0.5) is 0 Å². The van der Waals surface area contributed by atoms with Crippen molar-refractivity contribution < 1.29 is 9.59 Å². The number of thiazole rings is 1. The number of amides is 1. The summed E-state index contributed by atoms with van der Waals surface area (Å²) >= 11 is 36.9. The van der Waals surface area contributed by atoms with Crippen LogP contribution in [0.1, 0.15) is 38.6 Å². The van der Waals surface area contributed by atoms with Gasteiger partial charge < -0.3 is 5.32 Å². The number of hydrogen-bond donors (Lipinski definition) is 1. The van der Waals surface area contributed by atoms with E-state index >= 15 is 0 Å². The third-order valence-corrected chi connectivity index (χ3v) is 7.59. The maximum atomic E-state index is 12.8. The summed E-state index contributed by atoms with van der Waals surface area (Å²) in [5.74, 6) is -2.78. The first-order valence-corrected chi connectivity index (χ1v) is 11.7. The highest BCUT2D eigenvalue weighted by Gasteiger charge is 2.39. The lowest BCUT2D eigenvalue weighted by atomic mass is 9.81. The number of alkyl halides is 6. The molecular formula is C17H22Cl6N2O2S. The number of carbonyl (C=O) groups excluding carboxylic acids is 2. The van der Waals surface area contributed by atoms with Crippen molar-refractivity contribution in [2.45, 2.75) is 47.7 Å². The average molecular weight is 531 g/mol. The lowest BCUT2D eigenvalue weighted by molar-refractivity contribution is -0.134. The Labute approximate surface area is 199 Å². The number of carbonyl (C=O) groups is 2. The van der Waals surface area contributed by atoms with Crippen LogP contribution in [0, 0.1) is 23.7 Å². The van der Waals surface area contributed by atoms with Gasteiger partial charge in [-0.25, -0.2) is 4.98 Å². The normalized spacial score (nSPS) is 16.9. The van der Waals surface area contributed by atoms with E-state index in [2.05, 4.69) is 10.3 Å². The molecule has 160 valence electrons. The molecule has 11 heteroatoms. The van der Waals surface area contributed by atoms with Gasteiger partial charge in [-0.05, 0) is 6.42 Å². The molecule has 0 bridgehead atoms. The summed E-state index contributed by atoms with van der Waals surface area (Å²) in [4.78, 5) is 29.7. The predicted molar refractivity (Wildman–Crippen MR) is 120 cm³/mol. The average Bonchev–Trinajstić information content (AvgIpc) is 3.08. The summed E-state index contributed by atoms with van der Waals surface area (Å²) in [5.41, 5.74) is 0. The monoisotopic (exact) mass is 528 g/mol. The molecule has 4 nitrogen and oxygen atoms in total. The smallest absolute Gasteiger partial charge is 0.224 e. The van der Waals surface area contributed by atoms with E-state index in [0.29, 0.717) is 0 Å². The van der Waals surface area contributed by atoms with Gasteiger partial charge in [-0.3, -0.25) is 9.59 Å². The first kappa shape index (κ1) is 26.5. The molecule has 0 saturated heterocycles. The van der Waals surface area contributed by atoms with Gasteiger partial charge in [0.1, 0.15) is 10.8 Å². The van der Waals surface area contributed by atoms with Crippen LogP contribution in [-0.4, -0.2) is 24.3 Å². The SMILES string of the molecule is CC(C(=O)C[C@H](C)C(Cl)(Cl)Cl)[C@H](C[C@H](C)C(Cl)(Cl)Cl)C(=O)NCc1nccs1. The molecule has 0 fully saturated rings. The maximum Gasteiger partial charge on any atom is 0.224 e. The Bertz CT molecular complexity index is 645. The van der Waals surface area contributed by atoms with Crippen molar-refractivity contribution in [3.8, 4) is 0 Å². The minimum absolute atomic E-state index is 0.0239. The Morgan fingerprint density at radius 3 is 2.11 bits per heavy atom. The molecule has 0 aliphatic heterocycles. The van der Waals surface area contributed by atoms with Crippen LogP contribution in [0.25, 0.3) is 0 Å². The Morgan fingerprint density at radius 2 is 1.64 bits per heavy atom. The van der Waals surface area contributed by atoms with Crippen molar-refractivity contribution in [1.29, 1.82) is 0 Å². The molecule has 0 saturated carbocycles. The highest BCUT2D eigenvalue weighted by atomic mass is 35.6. The van der Waals surface area contributed by atoms with Crippen LogP contribution >= 0.6 is 80.9 Å². The standard InChI is InChI=1S/C17H22Cl6N2O2S/c1-9(16(18,19)20)6-12(15(27)25-8-14-24-4-5-28-14)11(3)13(26)7-10(2)17(21,22)23/h4-5,9-12H,6-8H2,1-3H3,(H,25,27)/t9-,10-,11?,12-/m0/s1. The predicted octanol–water partition coefficient (Wildman–Crippen LogP) is 6.37. The molecule has 1 N–H and O–H groups in total. The topological polar surface area (TPSA) is 59.1 Å². The van der Waals surface area contributed by atoms with Gasteiger partial charge in [0.05, 0.1) is 6.54 Å². The number of hydrogen-bond acceptors (Lipinski definition) is 4. The number of nitrogens with one attached hydrogen (secondary N) is 1. The van der Waals surface area contributed by atoms with Gasteiger partial charge in [0, 0.05) is 41.7 Å². The highest BCUT2D eigenvalue weighted by Crippen LogP contribution is 2.41. The Morgan fingerprint density at radius 1 is 1.07 bits per heavy atom. The molecule has 1 aromatic rings. The minimum Gasteiger partial charge on any atom is -0.349 e. The summed E-state index contributed by atoms with van der Waals surface area (Å²) in [6, 6.07) is 0. The minimum atomic E-state index is -1.57. The molecule has 0 aromatic carbocycles. The Hall–Kier alpha value is 0.510. The van der Waals surface area contributed by atoms with E-state index < -0.39 is 31.3 Å². The van der Waals surface area contributed by atoms with E-state index in [1.54, 1.807) is 27.0 Å². The molecular weight excluding hydrogens is 509 g/mol. The van der Waals surface area contributed by atoms with Crippen molar-refractivity contribution in [3.05, 3.63) is 16.6 Å². The quantitative estimate of drug-likeness (QED) is 0.377. The maximum absolute atomic E-state index is 12.8. The fourth-order valence-corrected chi connectivity index (χ4v) is 3.57. The van der Waals surface area contributed by atoms with Crippen LogP contribution in [0.2, 0.25) is 0 Å². The number of ketones is 1. The van der Waals surface area contributed by atoms with E-state index in [1.807, 2.05) is 5.38 Å². The van der Waals surface area contributed by atoms with E-state index in [0.717, 1.165) is 5.01 Å². The van der Waals surface area contributed by atoms with E-state index in [9.17, 15) is 9.59 Å². The summed E-state index contributed by atoms with van der Waals surface area (Å²) < 4.78 is -3.12. The van der Waals surface area contributed by atoms with Gasteiger partial charge >= 0.3 is 0 Å². The zero-order valence-corrected chi connectivity index (χ0v) is 20.9. The Kier molecular flexibility index (Phi) is 10.6. The van der Waals surface area contributed by atoms with Gasteiger partial charge in [0.15, 0.2) is 7.59 Å². The highest BCUT2D eigenvalue weighted by molar-refractivity contribution is 7.09. The van der Waals surface area contributed by atoms with Crippen LogP contribution in [0.15, 0.2) is 11.6 Å². The first-order valence-electron chi connectivity index (χ1n) is 8.55. The lowest BCUT2D eigenvalue weighted by Crippen LogP contribution is -2.39. The van der Waals surface area contributed by atoms with Gasteiger partial charge in [-0.15, -0.1) is 11.3 Å². The first-order chi connectivity index (χ1) is 12.7. The number of nitrogens with zero attached hydrogens (tertiary/aromatic N) is 1. The van der Waals surface area contributed by atoms with E-state index in [4.69, 9.17) is 69.6 Å². The number of aromatic nitrogens is 1. The van der Waals surface area contributed by atoms with Crippen molar-refractivity contribution in [2.24, 2.45) is 23.7 Å². The van der Waals surface area contributed by atoms with Crippen LogP contribution < -0.4 is 5.32 Å². The molecule has 1 aromatic heterocycles. The largest absolute Gasteiger partial charge is 0.349 e. The van der Waals surface area contributed by atoms with Crippen LogP contribution in [0.3, 0.4) is 0 Å². The second-order valence-corrected chi connectivity index (χ2v) is 12.5. The van der Waals surface area contributed by atoms with E-state index in [1.165, 1.54) is 11.3 Å². The molecule has 0 radical (unpaired) electrons. The van der Waals surface area contributed by atoms with Crippen LogP contribution in [0.5, 0.6) is 0 Å². The molecule has 0 aliphatic rings. The van der Waals surface area contributed by atoms with Gasteiger partial charge in [0.2, 0.25) is 5.91 Å². The third kappa shape index (κ3) is 8.71. The van der Waals surface area contributed by atoms with Crippen molar-refractivity contribution in [2.75, 3.05) is 0 Å². The second-order valence-electron chi connectivity index (χ2n) is 6.83. The van der Waals surface area contributed by atoms with Crippen molar-refractivity contribution in [3.63, 3.8) is 0 Å². The second kappa shape index (κ2) is 11.2. The number of rotatable bonds is 9. The van der Waals surface area contributed by atoms with Gasteiger partial charge in [0.25, 0.3) is 0 Å². The van der Waals surface area contributed by atoms with Crippen molar-refractivity contribution in [1.82, 2.24) is 10.3 Å². The van der Waals surface area contributed by atoms with Crippen LogP contribution in [-0.2, 0) is 16.1 Å². The lowest BCUT2D eigenvalue weighted by Gasteiger charge is -2.29. The summed E-state index contributed by atoms with van der Waals surface area (Å²) in [5, 5.41) is 5.38. The number of halogens is 6. The van der Waals surface area contributed by atoms with E-state index in [-0.39, 0.29) is 31.1 Å². The zero-order chi connectivity index (χ0) is 21.7. The Balaban J connectivity index is 2.91. The zero-order valence-electron chi connectivity index (χ0n) is 15.5. The summed E-state index contributed by atoms with van der Waals surface area (Å²) in [6.45, 7) is 5.32. The molecule has 4 atom stereocenters. The van der Waals surface area contributed by atoms with Gasteiger partial charge in [-0.2, -0.15) is 0 Å². The summed E-state index contributed by atoms with van der Waals surface area (Å²) in [7, 11) is 0. The number of Topliss-reactive ketones (excluding diaryl/α,β-unsaturated/α-hetero) is 1. The molecule has 28 heavy (non-hydrogen) atoms.